The minimum Gasteiger partial charge on any atom is -0.496 e. The number of nitrogens with zero attached hydrogens (tertiary/aromatic N) is 4. The van der Waals surface area contributed by atoms with Gasteiger partial charge in [0.15, 0.2) is 0 Å². The number of aromatic nitrogens is 2. The van der Waals surface area contributed by atoms with Crippen molar-refractivity contribution < 1.29 is 28.4 Å². The van der Waals surface area contributed by atoms with Gasteiger partial charge in [-0.25, -0.2) is 0 Å². The summed E-state index contributed by atoms with van der Waals surface area (Å²) in [4.78, 5) is 13.7. The van der Waals surface area contributed by atoms with E-state index in [1.807, 2.05) is 75.0 Å². The molecule has 0 aliphatic rings. The number of ether oxygens (including phenoxy) is 6. The molecule has 0 radical (unpaired) electrons. The van der Waals surface area contributed by atoms with Crippen molar-refractivity contribution in [2.75, 3.05) is 79.6 Å². The molecule has 0 aliphatic carbocycles. The van der Waals surface area contributed by atoms with Crippen molar-refractivity contribution in [2.24, 2.45) is 0 Å². The van der Waals surface area contributed by atoms with Gasteiger partial charge in [-0.15, -0.1) is 0 Å². The third kappa shape index (κ3) is 6.38. The second kappa shape index (κ2) is 13.7. The Bertz CT molecular complexity index is 1310. The number of hydrogen-bond acceptors (Lipinski definition) is 10. The molecule has 10 nitrogen and oxygen atoms in total. The molecule has 4 rings (SSSR count). The first kappa shape index (κ1) is 30.1. The zero-order chi connectivity index (χ0) is 30.2. The monoisotopic (exact) mass is 574 g/mol. The molecule has 42 heavy (non-hydrogen) atoms. The molecule has 2 aromatic carbocycles. The summed E-state index contributed by atoms with van der Waals surface area (Å²) in [7, 11) is 13.8. The summed E-state index contributed by atoms with van der Waals surface area (Å²) in [5.74, 6) is 3.82. The number of likely N-dealkylation sites (N-methyl/N-ethyl adjacent to an activating group) is 2. The van der Waals surface area contributed by atoms with Crippen molar-refractivity contribution >= 4 is 11.4 Å². The Morgan fingerprint density at radius 1 is 0.500 bits per heavy atom. The quantitative estimate of drug-likeness (QED) is 0.206. The van der Waals surface area contributed by atoms with E-state index in [1.54, 1.807) is 42.7 Å². The maximum absolute atomic E-state index is 5.60. The van der Waals surface area contributed by atoms with E-state index in [4.69, 9.17) is 38.4 Å². The first-order valence-corrected chi connectivity index (χ1v) is 13.3. The molecule has 222 valence electrons. The number of benzene rings is 2. The Hall–Kier alpha value is -4.86. The van der Waals surface area contributed by atoms with Crippen LogP contribution in [0.1, 0.15) is 0 Å². The van der Waals surface area contributed by atoms with E-state index >= 15 is 0 Å². The SMILES string of the molecule is COc1cc(OC)c(-c2ccc(N(C)CCN(C)c3ccc(-c4c(OC)cc(OC)cc4OC)nc3)cn2)c(OC)c1. The first-order valence-electron chi connectivity index (χ1n) is 13.3. The average molecular weight is 575 g/mol. The van der Waals surface area contributed by atoms with Gasteiger partial charge in [0.05, 0.1) is 88.9 Å². The summed E-state index contributed by atoms with van der Waals surface area (Å²) in [5, 5.41) is 0. The normalized spacial score (nSPS) is 10.6. The standard InChI is InChI=1S/C32H38N4O6/c1-35(21-9-11-25(33-19-21)31-27(39-5)15-23(37-3)16-28(31)40-6)13-14-36(2)22-10-12-26(34-20-22)32-29(41-7)17-24(38-4)18-30(32)42-8/h9-12,15-20H,13-14H2,1-8H3. The van der Waals surface area contributed by atoms with Crippen LogP contribution in [-0.2, 0) is 0 Å². The van der Waals surface area contributed by atoms with E-state index < -0.39 is 0 Å². The highest BCUT2D eigenvalue weighted by Gasteiger charge is 2.18. The van der Waals surface area contributed by atoms with Gasteiger partial charge in [-0.1, -0.05) is 0 Å². The molecular formula is C32H38N4O6. The predicted octanol–water partition coefficient (Wildman–Crippen LogP) is 5.43. The fourth-order valence-corrected chi connectivity index (χ4v) is 4.59. The topological polar surface area (TPSA) is 87.6 Å². The lowest BCUT2D eigenvalue weighted by Gasteiger charge is -2.25. The molecule has 0 N–H and O–H groups in total. The Morgan fingerprint density at radius 3 is 1.07 bits per heavy atom. The van der Waals surface area contributed by atoms with E-state index in [2.05, 4.69) is 9.80 Å². The van der Waals surface area contributed by atoms with Gasteiger partial charge in [0.25, 0.3) is 0 Å². The highest BCUT2D eigenvalue weighted by Crippen LogP contribution is 2.42. The van der Waals surface area contributed by atoms with Crippen LogP contribution in [0.2, 0.25) is 0 Å². The lowest BCUT2D eigenvalue weighted by molar-refractivity contribution is 0.377. The third-order valence-electron chi connectivity index (χ3n) is 7.09. The van der Waals surface area contributed by atoms with E-state index in [-0.39, 0.29) is 0 Å². The molecule has 2 aromatic heterocycles. The molecule has 10 heteroatoms. The number of anilines is 2. The van der Waals surface area contributed by atoms with Crippen LogP contribution in [0.15, 0.2) is 60.9 Å². The molecule has 2 heterocycles. The fraction of sp³-hybridized carbons (Fsp3) is 0.312. The van der Waals surface area contributed by atoms with Gasteiger partial charge in [0, 0.05) is 51.5 Å². The van der Waals surface area contributed by atoms with Crippen LogP contribution in [0.3, 0.4) is 0 Å². The molecular weight excluding hydrogens is 536 g/mol. The van der Waals surface area contributed by atoms with Crippen LogP contribution in [0.5, 0.6) is 34.5 Å². The third-order valence-corrected chi connectivity index (χ3v) is 7.09. The molecule has 0 bridgehead atoms. The van der Waals surface area contributed by atoms with Crippen LogP contribution in [0.25, 0.3) is 22.5 Å². The van der Waals surface area contributed by atoms with Gasteiger partial charge in [-0.05, 0) is 24.3 Å². The highest BCUT2D eigenvalue weighted by atomic mass is 16.5. The van der Waals surface area contributed by atoms with E-state index in [0.29, 0.717) is 34.5 Å². The van der Waals surface area contributed by atoms with E-state index in [9.17, 15) is 0 Å². The van der Waals surface area contributed by atoms with Gasteiger partial charge in [-0.2, -0.15) is 0 Å². The van der Waals surface area contributed by atoms with Crippen LogP contribution < -0.4 is 38.2 Å². The van der Waals surface area contributed by atoms with Crippen molar-refractivity contribution in [2.45, 2.75) is 0 Å². The van der Waals surface area contributed by atoms with E-state index in [0.717, 1.165) is 47.0 Å². The molecule has 0 saturated heterocycles. The largest absolute Gasteiger partial charge is 0.496 e. The Morgan fingerprint density at radius 2 is 0.833 bits per heavy atom. The van der Waals surface area contributed by atoms with Gasteiger partial charge >= 0.3 is 0 Å². The summed E-state index contributed by atoms with van der Waals surface area (Å²) in [6.07, 6.45) is 3.70. The lowest BCUT2D eigenvalue weighted by atomic mass is 10.1. The van der Waals surface area contributed by atoms with Crippen LogP contribution in [-0.4, -0.2) is 79.8 Å². The first-order chi connectivity index (χ1) is 20.4. The molecule has 0 aliphatic heterocycles. The minimum absolute atomic E-state index is 0.630. The molecule has 0 unspecified atom stereocenters. The Labute approximate surface area is 247 Å². The molecule has 0 fully saturated rings. The lowest BCUT2D eigenvalue weighted by Crippen LogP contribution is -2.30. The predicted molar refractivity (Wildman–Crippen MR) is 165 cm³/mol. The number of hydrogen-bond donors (Lipinski definition) is 0. The molecule has 0 atom stereocenters. The Kier molecular flexibility index (Phi) is 9.80. The highest BCUT2D eigenvalue weighted by molar-refractivity contribution is 5.77. The van der Waals surface area contributed by atoms with Crippen LogP contribution in [0.4, 0.5) is 11.4 Å². The van der Waals surface area contributed by atoms with Gasteiger partial charge in [0.1, 0.15) is 34.5 Å². The van der Waals surface area contributed by atoms with Crippen molar-refractivity contribution in [3.8, 4) is 57.0 Å². The van der Waals surface area contributed by atoms with Crippen LogP contribution in [0, 0.1) is 0 Å². The molecule has 0 amide bonds. The second-order valence-corrected chi connectivity index (χ2v) is 9.46. The maximum atomic E-state index is 5.60. The minimum atomic E-state index is 0.630. The second-order valence-electron chi connectivity index (χ2n) is 9.46. The van der Waals surface area contributed by atoms with E-state index in [1.165, 1.54) is 0 Å². The van der Waals surface area contributed by atoms with Crippen molar-refractivity contribution in [1.29, 1.82) is 0 Å². The molecule has 0 spiro atoms. The fourth-order valence-electron chi connectivity index (χ4n) is 4.59. The zero-order valence-corrected chi connectivity index (χ0v) is 25.4. The molecule has 4 aromatic rings. The van der Waals surface area contributed by atoms with Crippen LogP contribution >= 0.6 is 0 Å². The summed E-state index contributed by atoms with van der Waals surface area (Å²) in [6.45, 7) is 1.54. The summed E-state index contributed by atoms with van der Waals surface area (Å²) < 4.78 is 33.1. The smallest absolute Gasteiger partial charge is 0.135 e. The summed E-state index contributed by atoms with van der Waals surface area (Å²) >= 11 is 0. The maximum Gasteiger partial charge on any atom is 0.135 e. The zero-order valence-electron chi connectivity index (χ0n) is 25.4. The number of rotatable bonds is 13. The summed E-state index contributed by atoms with van der Waals surface area (Å²) in [6, 6.07) is 15.3. The number of methoxy groups -OCH3 is 6. The van der Waals surface area contributed by atoms with Crippen molar-refractivity contribution in [1.82, 2.24) is 9.97 Å². The van der Waals surface area contributed by atoms with Gasteiger partial charge < -0.3 is 38.2 Å². The van der Waals surface area contributed by atoms with Gasteiger partial charge in [-0.3, -0.25) is 9.97 Å². The van der Waals surface area contributed by atoms with Gasteiger partial charge in [0.2, 0.25) is 0 Å². The van der Waals surface area contributed by atoms with Crippen molar-refractivity contribution in [3.63, 3.8) is 0 Å². The Balaban J connectivity index is 1.44. The van der Waals surface area contributed by atoms with Crippen molar-refractivity contribution in [3.05, 3.63) is 60.9 Å². The number of pyridine rings is 2. The summed E-state index contributed by atoms with van der Waals surface area (Å²) in [5.41, 5.74) is 5.02. The molecule has 0 saturated carbocycles. The average Bonchev–Trinajstić information content (AvgIpc) is 3.05.